The third-order valence-electron chi connectivity index (χ3n) is 5.48. The lowest BCUT2D eigenvalue weighted by Crippen LogP contribution is -2.45. The molecule has 1 saturated heterocycles. The average molecular weight is 408 g/mol. The molecule has 0 spiro atoms. The third-order valence-corrected chi connectivity index (χ3v) is 5.48. The van der Waals surface area contributed by atoms with Crippen molar-refractivity contribution in [3.05, 3.63) is 65.7 Å². The Morgan fingerprint density at radius 2 is 1.59 bits per heavy atom. The second-order valence-electron chi connectivity index (χ2n) is 7.44. The van der Waals surface area contributed by atoms with Crippen molar-refractivity contribution in [3.63, 3.8) is 0 Å². The first-order valence-corrected chi connectivity index (χ1v) is 9.71. The first-order chi connectivity index (χ1) is 12.4. The van der Waals surface area contributed by atoms with Crippen LogP contribution >= 0.6 is 24.8 Å². The van der Waals surface area contributed by atoms with E-state index in [-0.39, 0.29) is 24.8 Å². The van der Waals surface area contributed by atoms with Crippen molar-refractivity contribution in [2.24, 2.45) is 5.92 Å². The van der Waals surface area contributed by atoms with Crippen molar-refractivity contribution in [2.45, 2.75) is 31.8 Å². The molecule has 0 unspecified atom stereocenters. The molecule has 148 valence electrons. The summed E-state index contributed by atoms with van der Waals surface area (Å²) in [5.41, 5.74) is 4.01. The number of rotatable bonds is 7. The quantitative estimate of drug-likeness (QED) is 0.683. The number of anilines is 1. The zero-order chi connectivity index (χ0) is 16.9. The number of piperazine rings is 1. The van der Waals surface area contributed by atoms with Gasteiger partial charge in [-0.25, -0.2) is 0 Å². The van der Waals surface area contributed by atoms with E-state index in [4.69, 9.17) is 0 Å². The summed E-state index contributed by atoms with van der Waals surface area (Å²) < 4.78 is 0. The van der Waals surface area contributed by atoms with Crippen LogP contribution in [0.3, 0.4) is 0 Å². The molecule has 2 N–H and O–H groups in total. The maximum atomic E-state index is 3.54. The van der Waals surface area contributed by atoms with Crippen molar-refractivity contribution in [1.82, 2.24) is 10.2 Å². The molecule has 2 aromatic carbocycles. The molecule has 1 aliphatic carbocycles. The summed E-state index contributed by atoms with van der Waals surface area (Å²) in [4.78, 5) is 2.68. The molecule has 5 heteroatoms. The van der Waals surface area contributed by atoms with Crippen LogP contribution in [0.25, 0.3) is 0 Å². The lowest BCUT2D eigenvalue weighted by molar-refractivity contribution is 0.160. The SMILES string of the molecule is Cl.Cl.c1ccc(CNc2ccc([C@@H](CC3CC3)N3CCNCC3)cc2)cc1. The van der Waals surface area contributed by atoms with Gasteiger partial charge in [0, 0.05) is 44.5 Å². The zero-order valence-electron chi connectivity index (χ0n) is 15.8. The first kappa shape index (κ1) is 22.0. The van der Waals surface area contributed by atoms with Gasteiger partial charge < -0.3 is 10.6 Å². The van der Waals surface area contributed by atoms with Gasteiger partial charge in [0.15, 0.2) is 0 Å². The molecule has 1 heterocycles. The summed E-state index contributed by atoms with van der Waals surface area (Å²) in [6, 6.07) is 20.3. The Morgan fingerprint density at radius 3 is 2.22 bits per heavy atom. The lowest BCUT2D eigenvalue weighted by atomic mass is 9.98. The van der Waals surface area contributed by atoms with Gasteiger partial charge in [-0.2, -0.15) is 0 Å². The van der Waals surface area contributed by atoms with Crippen LogP contribution in [-0.2, 0) is 6.54 Å². The minimum absolute atomic E-state index is 0. The monoisotopic (exact) mass is 407 g/mol. The largest absolute Gasteiger partial charge is 0.381 e. The molecule has 4 rings (SSSR count). The molecule has 2 fully saturated rings. The summed E-state index contributed by atoms with van der Waals surface area (Å²) in [6.45, 7) is 5.47. The molecule has 0 aromatic heterocycles. The molecule has 2 aliphatic rings. The van der Waals surface area contributed by atoms with E-state index in [1.807, 2.05) is 0 Å². The van der Waals surface area contributed by atoms with E-state index >= 15 is 0 Å². The van der Waals surface area contributed by atoms with E-state index in [2.05, 4.69) is 70.1 Å². The van der Waals surface area contributed by atoms with Gasteiger partial charge >= 0.3 is 0 Å². The summed E-state index contributed by atoms with van der Waals surface area (Å²) in [6.07, 6.45) is 4.19. The Balaban J connectivity index is 0.00000131. The van der Waals surface area contributed by atoms with Crippen molar-refractivity contribution in [1.29, 1.82) is 0 Å². The highest BCUT2D eigenvalue weighted by Gasteiger charge is 2.30. The summed E-state index contributed by atoms with van der Waals surface area (Å²) >= 11 is 0. The van der Waals surface area contributed by atoms with E-state index < -0.39 is 0 Å². The average Bonchev–Trinajstić information content (AvgIpc) is 3.51. The molecule has 3 nitrogen and oxygen atoms in total. The van der Waals surface area contributed by atoms with Crippen LogP contribution in [-0.4, -0.2) is 31.1 Å². The summed E-state index contributed by atoms with van der Waals surface area (Å²) in [7, 11) is 0. The van der Waals surface area contributed by atoms with Gasteiger partial charge in [-0.1, -0.05) is 55.3 Å². The maximum Gasteiger partial charge on any atom is 0.0400 e. The Hall–Kier alpha value is -1.26. The lowest BCUT2D eigenvalue weighted by Gasteiger charge is -2.35. The summed E-state index contributed by atoms with van der Waals surface area (Å²) in [5.74, 6) is 0.954. The van der Waals surface area contributed by atoms with Crippen molar-refractivity contribution < 1.29 is 0 Å². The van der Waals surface area contributed by atoms with Gasteiger partial charge in [-0.3, -0.25) is 4.90 Å². The van der Waals surface area contributed by atoms with Crippen LogP contribution in [0.15, 0.2) is 54.6 Å². The van der Waals surface area contributed by atoms with E-state index in [9.17, 15) is 0 Å². The van der Waals surface area contributed by atoms with Crippen LogP contribution in [0.5, 0.6) is 0 Å². The van der Waals surface area contributed by atoms with Crippen molar-refractivity contribution in [3.8, 4) is 0 Å². The van der Waals surface area contributed by atoms with Crippen LogP contribution < -0.4 is 10.6 Å². The van der Waals surface area contributed by atoms with Gasteiger partial charge in [0.1, 0.15) is 0 Å². The molecule has 1 aliphatic heterocycles. The zero-order valence-corrected chi connectivity index (χ0v) is 17.4. The minimum Gasteiger partial charge on any atom is -0.381 e. The smallest absolute Gasteiger partial charge is 0.0400 e. The molecule has 2 aromatic rings. The number of nitrogens with zero attached hydrogens (tertiary/aromatic N) is 1. The maximum absolute atomic E-state index is 3.54. The van der Waals surface area contributed by atoms with Gasteiger partial charge in [-0.15, -0.1) is 24.8 Å². The standard InChI is InChI=1S/C22H29N3.2ClH/c1-2-4-19(5-3-1)17-24-21-10-8-20(9-11-21)22(16-18-6-7-18)25-14-12-23-13-15-25;;/h1-5,8-11,18,22-24H,6-7,12-17H2;2*1H/t22-;;/m1../s1. The van der Waals surface area contributed by atoms with Crippen LogP contribution in [0, 0.1) is 5.92 Å². The van der Waals surface area contributed by atoms with E-state index in [0.717, 1.165) is 25.6 Å². The molecule has 27 heavy (non-hydrogen) atoms. The fourth-order valence-electron chi connectivity index (χ4n) is 3.78. The Morgan fingerprint density at radius 1 is 0.926 bits per heavy atom. The van der Waals surface area contributed by atoms with Crippen molar-refractivity contribution in [2.75, 3.05) is 31.5 Å². The highest BCUT2D eigenvalue weighted by Crippen LogP contribution is 2.40. The van der Waals surface area contributed by atoms with E-state index in [0.29, 0.717) is 6.04 Å². The summed E-state index contributed by atoms with van der Waals surface area (Å²) in [5, 5.41) is 7.02. The third kappa shape index (κ3) is 6.39. The van der Waals surface area contributed by atoms with E-state index in [1.54, 1.807) is 0 Å². The number of hydrogen-bond donors (Lipinski definition) is 2. The molecule has 1 saturated carbocycles. The van der Waals surface area contributed by atoms with Gasteiger partial charge in [0.25, 0.3) is 0 Å². The molecular weight excluding hydrogens is 377 g/mol. The van der Waals surface area contributed by atoms with Gasteiger partial charge in [0.2, 0.25) is 0 Å². The normalized spacial score (nSPS) is 18.1. The number of halogens is 2. The molecule has 0 bridgehead atoms. The highest BCUT2D eigenvalue weighted by atomic mass is 35.5. The van der Waals surface area contributed by atoms with Crippen molar-refractivity contribution >= 4 is 30.5 Å². The van der Waals surface area contributed by atoms with Crippen LogP contribution in [0.4, 0.5) is 5.69 Å². The fourth-order valence-corrected chi connectivity index (χ4v) is 3.78. The highest BCUT2D eigenvalue weighted by molar-refractivity contribution is 5.85. The van der Waals surface area contributed by atoms with Crippen LogP contribution in [0.1, 0.15) is 36.4 Å². The fraction of sp³-hybridized carbons (Fsp3) is 0.455. The molecule has 0 radical (unpaired) electrons. The van der Waals surface area contributed by atoms with E-state index in [1.165, 1.54) is 49.2 Å². The molecule has 0 amide bonds. The second-order valence-corrected chi connectivity index (χ2v) is 7.44. The topological polar surface area (TPSA) is 27.3 Å². The van der Waals surface area contributed by atoms with Gasteiger partial charge in [0.05, 0.1) is 0 Å². The Kier molecular flexibility index (Phi) is 8.91. The minimum atomic E-state index is 0. The van der Waals surface area contributed by atoms with Gasteiger partial charge in [-0.05, 0) is 35.6 Å². The second kappa shape index (κ2) is 10.9. The predicted octanol–water partition coefficient (Wildman–Crippen LogP) is 4.89. The molecular formula is C22H31Cl2N3. The van der Waals surface area contributed by atoms with Crippen LogP contribution in [0.2, 0.25) is 0 Å². The number of nitrogens with one attached hydrogen (secondary N) is 2. The Bertz CT molecular complexity index is 653. The number of benzene rings is 2. The molecule has 1 atom stereocenters. The predicted molar refractivity (Wildman–Crippen MR) is 119 cm³/mol. The first-order valence-electron chi connectivity index (χ1n) is 9.71. The number of hydrogen-bond acceptors (Lipinski definition) is 3. The Labute approximate surface area is 175 Å².